The molecule has 1 unspecified atom stereocenters. The highest BCUT2D eigenvalue weighted by Gasteiger charge is 2.20. The minimum Gasteiger partial charge on any atom is -0.346 e. The number of rotatable bonds is 5. The molecule has 25 heavy (non-hydrogen) atoms. The van der Waals surface area contributed by atoms with Crippen molar-refractivity contribution in [2.24, 2.45) is 7.05 Å². The molecule has 1 aromatic carbocycles. The van der Waals surface area contributed by atoms with Crippen LogP contribution in [0.5, 0.6) is 0 Å². The maximum atomic E-state index is 13.3. The van der Waals surface area contributed by atoms with E-state index in [1.807, 2.05) is 32.2 Å². The second-order valence-corrected chi connectivity index (χ2v) is 6.05. The molecule has 134 valence electrons. The normalized spacial score (nSPS) is 12.1. The second kappa shape index (κ2) is 7.89. The molecule has 2 aromatic rings. The van der Waals surface area contributed by atoms with Gasteiger partial charge in [0, 0.05) is 31.0 Å². The lowest BCUT2D eigenvalue weighted by Gasteiger charge is -2.23. The zero-order valence-electron chi connectivity index (χ0n) is 14.7. The molecule has 0 aliphatic carbocycles. The second-order valence-electron chi connectivity index (χ2n) is 6.05. The number of anilines is 1. The van der Waals surface area contributed by atoms with Crippen LogP contribution in [0.1, 0.15) is 17.2 Å². The molecule has 7 nitrogen and oxygen atoms in total. The van der Waals surface area contributed by atoms with E-state index in [-0.39, 0.29) is 18.3 Å². The number of aryl methyl sites for hydroxylation is 2. The summed E-state index contributed by atoms with van der Waals surface area (Å²) in [5, 5.41) is 9.15. The summed E-state index contributed by atoms with van der Waals surface area (Å²) in [6.07, 6.45) is 3.57. The van der Waals surface area contributed by atoms with Crippen LogP contribution in [0, 0.1) is 12.7 Å². The predicted molar refractivity (Wildman–Crippen MR) is 92.4 cm³/mol. The Morgan fingerprint density at radius 3 is 2.64 bits per heavy atom. The molecule has 0 aliphatic heterocycles. The van der Waals surface area contributed by atoms with Gasteiger partial charge in [-0.2, -0.15) is 5.10 Å². The molecule has 0 fully saturated rings. The van der Waals surface area contributed by atoms with E-state index >= 15 is 0 Å². The average molecular weight is 347 g/mol. The Labute approximate surface area is 145 Å². The van der Waals surface area contributed by atoms with Crippen LogP contribution in [-0.4, -0.2) is 47.1 Å². The Morgan fingerprint density at radius 2 is 2.04 bits per heavy atom. The van der Waals surface area contributed by atoms with Gasteiger partial charge in [-0.3, -0.25) is 14.3 Å². The van der Waals surface area contributed by atoms with Crippen molar-refractivity contribution >= 4 is 17.5 Å². The minimum atomic E-state index is -0.836. The molecule has 1 atom stereocenters. The first-order valence-electron chi connectivity index (χ1n) is 7.78. The number of hydrogen-bond acceptors (Lipinski definition) is 4. The zero-order chi connectivity index (χ0) is 18.6. The number of hydrogen-bond donors (Lipinski definition) is 2. The van der Waals surface area contributed by atoms with Gasteiger partial charge in [0.15, 0.2) is 0 Å². The van der Waals surface area contributed by atoms with Crippen molar-refractivity contribution in [2.75, 3.05) is 26.0 Å². The number of halogens is 1. The Morgan fingerprint density at radius 1 is 1.32 bits per heavy atom. The van der Waals surface area contributed by atoms with Crippen LogP contribution in [0.15, 0.2) is 30.6 Å². The number of carbonyl (C=O) groups excluding carboxylic acids is 2. The van der Waals surface area contributed by atoms with Crippen LogP contribution in [0.3, 0.4) is 0 Å². The largest absolute Gasteiger partial charge is 0.346 e. The van der Waals surface area contributed by atoms with Crippen molar-refractivity contribution in [3.8, 4) is 0 Å². The lowest BCUT2D eigenvalue weighted by atomic mass is 10.1. The standard InChI is InChI=1S/C17H22FN5O2/c1-11-5-6-13(18)7-14(11)21-17(25)16(24)19-9-15(22(2)3)12-8-20-23(4)10-12/h5-8,10,15H,9H2,1-4H3,(H,19,24)(H,21,25). The molecule has 0 aliphatic rings. The number of carbonyl (C=O) groups is 2. The summed E-state index contributed by atoms with van der Waals surface area (Å²) in [6, 6.07) is 3.88. The van der Waals surface area contributed by atoms with Crippen molar-refractivity contribution in [3.05, 3.63) is 47.5 Å². The Balaban J connectivity index is 1.98. The van der Waals surface area contributed by atoms with Crippen LogP contribution in [0.4, 0.5) is 10.1 Å². The van der Waals surface area contributed by atoms with Gasteiger partial charge in [0.2, 0.25) is 0 Å². The molecular weight excluding hydrogens is 325 g/mol. The third-order valence-electron chi connectivity index (χ3n) is 3.84. The molecule has 1 aromatic heterocycles. The first-order valence-corrected chi connectivity index (χ1v) is 7.78. The van der Waals surface area contributed by atoms with Gasteiger partial charge in [0.05, 0.1) is 12.2 Å². The highest BCUT2D eigenvalue weighted by Crippen LogP contribution is 2.17. The van der Waals surface area contributed by atoms with Crippen molar-refractivity contribution in [3.63, 3.8) is 0 Å². The number of benzene rings is 1. The van der Waals surface area contributed by atoms with Gasteiger partial charge in [-0.15, -0.1) is 0 Å². The van der Waals surface area contributed by atoms with Crippen LogP contribution >= 0.6 is 0 Å². The van der Waals surface area contributed by atoms with Crippen molar-refractivity contribution < 1.29 is 14.0 Å². The van der Waals surface area contributed by atoms with Gasteiger partial charge >= 0.3 is 11.8 Å². The fraction of sp³-hybridized carbons (Fsp3) is 0.353. The number of likely N-dealkylation sites (N-methyl/N-ethyl adjacent to an activating group) is 1. The van der Waals surface area contributed by atoms with E-state index in [1.54, 1.807) is 17.8 Å². The fourth-order valence-corrected chi connectivity index (χ4v) is 2.39. The highest BCUT2D eigenvalue weighted by atomic mass is 19.1. The van der Waals surface area contributed by atoms with Crippen molar-refractivity contribution in [1.82, 2.24) is 20.0 Å². The van der Waals surface area contributed by atoms with Gasteiger partial charge in [0.1, 0.15) is 5.82 Å². The summed E-state index contributed by atoms with van der Waals surface area (Å²) in [5.41, 5.74) is 1.87. The maximum Gasteiger partial charge on any atom is 0.313 e. The minimum absolute atomic E-state index is 0.124. The molecular formula is C17H22FN5O2. The number of amides is 2. The van der Waals surface area contributed by atoms with Crippen LogP contribution in [0.25, 0.3) is 0 Å². The van der Waals surface area contributed by atoms with E-state index < -0.39 is 17.6 Å². The predicted octanol–water partition coefficient (Wildman–Crippen LogP) is 1.23. The van der Waals surface area contributed by atoms with Crippen molar-refractivity contribution in [2.45, 2.75) is 13.0 Å². The van der Waals surface area contributed by atoms with Crippen LogP contribution < -0.4 is 10.6 Å². The molecule has 0 radical (unpaired) electrons. The number of nitrogens with zero attached hydrogens (tertiary/aromatic N) is 3. The number of aromatic nitrogens is 2. The van der Waals surface area contributed by atoms with E-state index in [0.717, 1.165) is 5.56 Å². The van der Waals surface area contributed by atoms with Crippen LogP contribution in [0.2, 0.25) is 0 Å². The van der Waals surface area contributed by atoms with Gasteiger partial charge < -0.3 is 15.5 Å². The molecule has 2 rings (SSSR count). The molecule has 0 saturated carbocycles. The molecule has 0 spiro atoms. The van der Waals surface area contributed by atoms with Crippen molar-refractivity contribution in [1.29, 1.82) is 0 Å². The van der Waals surface area contributed by atoms with E-state index in [9.17, 15) is 14.0 Å². The molecule has 1 heterocycles. The Hall–Kier alpha value is -2.74. The lowest BCUT2D eigenvalue weighted by Crippen LogP contribution is -2.40. The summed E-state index contributed by atoms with van der Waals surface area (Å²) >= 11 is 0. The van der Waals surface area contributed by atoms with E-state index in [4.69, 9.17) is 0 Å². The molecule has 0 saturated heterocycles. The van der Waals surface area contributed by atoms with E-state index in [1.165, 1.54) is 18.2 Å². The average Bonchev–Trinajstić information content (AvgIpc) is 2.96. The molecule has 8 heteroatoms. The van der Waals surface area contributed by atoms with Gasteiger partial charge in [-0.1, -0.05) is 6.07 Å². The van der Waals surface area contributed by atoms with Crippen LogP contribution in [-0.2, 0) is 16.6 Å². The first-order chi connectivity index (χ1) is 11.8. The summed E-state index contributed by atoms with van der Waals surface area (Å²) in [7, 11) is 5.56. The summed E-state index contributed by atoms with van der Waals surface area (Å²) in [5.74, 6) is -2.10. The SMILES string of the molecule is Cc1ccc(F)cc1NC(=O)C(=O)NCC(c1cnn(C)c1)N(C)C. The summed E-state index contributed by atoms with van der Waals surface area (Å²) in [6.45, 7) is 1.96. The van der Waals surface area contributed by atoms with E-state index in [0.29, 0.717) is 5.56 Å². The zero-order valence-corrected chi connectivity index (χ0v) is 14.7. The summed E-state index contributed by atoms with van der Waals surface area (Å²) in [4.78, 5) is 26.0. The Kier molecular flexibility index (Phi) is 5.87. The smallest absolute Gasteiger partial charge is 0.313 e. The topological polar surface area (TPSA) is 79.3 Å². The van der Waals surface area contributed by atoms with Gasteiger partial charge in [-0.25, -0.2) is 4.39 Å². The summed E-state index contributed by atoms with van der Waals surface area (Å²) < 4.78 is 14.9. The third kappa shape index (κ3) is 4.87. The molecule has 2 amide bonds. The quantitative estimate of drug-likeness (QED) is 0.797. The fourth-order valence-electron chi connectivity index (χ4n) is 2.39. The van der Waals surface area contributed by atoms with E-state index in [2.05, 4.69) is 15.7 Å². The number of nitrogens with one attached hydrogen (secondary N) is 2. The third-order valence-corrected chi connectivity index (χ3v) is 3.84. The van der Waals surface area contributed by atoms with Gasteiger partial charge in [0.25, 0.3) is 0 Å². The molecule has 2 N–H and O–H groups in total. The Bertz CT molecular complexity index is 772. The maximum absolute atomic E-state index is 13.3. The lowest BCUT2D eigenvalue weighted by molar-refractivity contribution is -0.136. The highest BCUT2D eigenvalue weighted by molar-refractivity contribution is 6.39. The van der Waals surface area contributed by atoms with Gasteiger partial charge in [-0.05, 0) is 38.7 Å². The first kappa shape index (κ1) is 18.6. The molecule has 0 bridgehead atoms. The monoisotopic (exact) mass is 347 g/mol.